The zero-order valence-electron chi connectivity index (χ0n) is 8.66. The van der Waals surface area contributed by atoms with Gasteiger partial charge in [-0.3, -0.25) is 4.79 Å². The number of Topliss-reactive ketones (excluding diaryl/α,β-unsaturated/α-hetero) is 1. The Hall–Kier alpha value is -0.670. The summed E-state index contributed by atoms with van der Waals surface area (Å²) in [5.74, 6) is 0.250. The van der Waals surface area contributed by atoms with Gasteiger partial charge in [0.1, 0.15) is 6.10 Å². The second-order valence-corrected chi connectivity index (χ2v) is 4.44. The highest BCUT2D eigenvalue weighted by molar-refractivity contribution is 5.86. The van der Waals surface area contributed by atoms with E-state index in [0.29, 0.717) is 12.8 Å². The molecule has 2 rings (SSSR count). The summed E-state index contributed by atoms with van der Waals surface area (Å²) in [5, 5.41) is 0. The van der Waals surface area contributed by atoms with Crippen molar-refractivity contribution in [2.24, 2.45) is 0 Å². The van der Waals surface area contributed by atoms with Crippen molar-refractivity contribution in [2.75, 3.05) is 20.1 Å². The number of carbonyl (C=O) groups is 1. The minimum Gasteiger partial charge on any atom is -0.362 e. The number of hydrogen-bond donors (Lipinski definition) is 0. The Bertz CT molecular complexity index is 264. The number of hydrogen-bond acceptors (Lipinski definition) is 3. The SMILES string of the molecule is C=CCC1OC2(CCN(C)C2)CC1=O. The van der Waals surface area contributed by atoms with Gasteiger partial charge in [-0.05, 0) is 19.9 Å². The predicted octanol–water partition coefficient (Wildman–Crippen LogP) is 0.995. The first kappa shape index (κ1) is 9.87. The van der Waals surface area contributed by atoms with Crippen molar-refractivity contribution >= 4 is 5.78 Å². The Balaban J connectivity index is 2.05. The molecule has 3 heteroatoms. The lowest BCUT2D eigenvalue weighted by Gasteiger charge is -2.22. The third-order valence-electron chi connectivity index (χ3n) is 3.14. The van der Waals surface area contributed by atoms with E-state index in [2.05, 4.69) is 18.5 Å². The molecule has 2 unspecified atom stereocenters. The second kappa shape index (κ2) is 3.48. The molecule has 3 nitrogen and oxygen atoms in total. The molecular formula is C11H17NO2. The van der Waals surface area contributed by atoms with Crippen LogP contribution < -0.4 is 0 Å². The van der Waals surface area contributed by atoms with E-state index in [9.17, 15) is 4.79 Å². The van der Waals surface area contributed by atoms with E-state index in [0.717, 1.165) is 19.5 Å². The molecule has 0 N–H and O–H groups in total. The Morgan fingerprint density at radius 2 is 2.57 bits per heavy atom. The average Bonchev–Trinajstić information content (AvgIpc) is 2.60. The molecule has 0 radical (unpaired) electrons. The second-order valence-electron chi connectivity index (χ2n) is 4.44. The van der Waals surface area contributed by atoms with Gasteiger partial charge in [-0.25, -0.2) is 0 Å². The van der Waals surface area contributed by atoms with Crippen LogP contribution in [-0.4, -0.2) is 42.5 Å². The first-order chi connectivity index (χ1) is 6.65. The van der Waals surface area contributed by atoms with Crippen LogP contribution in [0.1, 0.15) is 19.3 Å². The maximum Gasteiger partial charge on any atom is 0.164 e. The smallest absolute Gasteiger partial charge is 0.164 e. The minimum absolute atomic E-state index is 0.167. The van der Waals surface area contributed by atoms with Crippen molar-refractivity contribution in [3.8, 4) is 0 Å². The molecule has 0 aliphatic carbocycles. The summed E-state index contributed by atoms with van der Waals surface area (Å²) in [5.41, 5.74) is -0.167. The molecule has 78 valence electrons. The van der Waals surface area contributed by atoms with Crippen LogP contribution in [0.3, 0.4) is 0 Å². The highest BCUT2D eigenvalue weighted by atomic mass is 16.5. The summed E-state index contributed by atoms with van der Waals surface area (Å²) >= 11 is 0. The predicted molar refractivity (Wildman–Crippen MR) is 54.2 cm³/mol. The van der Waals surface area contributed by atoms with Crippen LogP contribution in [0.25, 0.3) is 0 Å². The standard InChI is InChI=1S/C11H17NO2/c1-3-4-10-9(13)7-11(14-10)5-6-12(2)8-11/h3,10H,1,4-8H2,2H3. The number of rotatable bonds is 2. The minimum atomic E-state index is -0.223. The Labute approximate surface area is 84.7 Å². The van der Waals surface area contributed by atoms with Crippen LogP contribution in [0.2, 0.25) is 0 Å². The average molecular weight is 195 g/mol. The highest BCUT2D eigenvalue weighted by Crippen LogP contribution is 2.36. The van der Waals surface area contributed by atoms with Crippen molar-refractivity contribution in [1.82, 2.24) is 4.90 Å². The maximum absolute atomic E-state index is 11.6. The molecule has 0 saturated carbocycles. The fourth-order valence-electron chi connectivity index (χ4n) is 2.46. The summed E-state index contributed by atoms with van der Waals surface area (Å²) in [7, 11) is 2.07. The van der Waals surface area contributed by atoms with Gasteiger partial charge in [-0.1, -0.05) is 6.08 Å². The lowest BCUT2D eigenvalue weighted by Crippen LogP contribution is -2.32. The number of nitrogens with zero attached hydrogens (tertiary/aromatic N) is 1. The number of carbonyl (C=O) groups excluding carboxylic acids is 1. The molecule has 2 aliphatic heterocycles. The molecule has 1 spiro atoms. The van der Waals surface area contributed by atoms with Gasteiger partial charge in [-0.15, -0.1) is 6.58 Å². The zero-order valence-corrected chi connectivity index (χ0v) is 8.66. The number of ketones is 1. The van der Waals surface area contributed by atoms with E-state index in [1.54, 1.807) is 6.08 Å². The molecule has 0 bridgehead atoms. The number of likely N-dealkylation sites (N-methyl/N-ethyl adjacent to an activating group) is 1. The zero-order chi connectivity index (χ0) is 10.2. The fourth-order valence-corrected chi connectivity index (χ4v) is 2.46. The summed E-state index contributed by atoms with van der Waals surface area (Å²) < 4.78 is 5.87. The van der Waals surface area contributed by atoms with Crippen LogP contribution in [0.15, 0.2) is 12.7 Å². The fraction of sp³-hybridized carbons (Fsp3) is 0.727. The van der Waals surface area contributed by atoms with E-state index in [-0.39, 0.29) is 17.5 Å². The van der Waals surface area contributed by atoms with Gasteiger partial charge in [0.25, 0.3) is 0 Å². The van der Waals surface area contributed by atoms with Crippen LogP contribution in [0, 0.1) is 0 Å². The van der Waals surface area contributed by atoms with E-state index in [4.69, 9.17) is 4.74 Å². The molecule has 2 saturated heterocycles. The van der Waals surface area contributed by atoms with Gasteiger partial charge < -0.3 is 9.64 Å². The van der Waals surface area contributed by atoms with E-state index in [1.807, 2.05) is 0 Å². The Kier molecular flexibility index (Phi) is 2.45. The molecule has 2 fully saturated rings. The van der Waals surface area contributed by atoms with Crippen molar-refractivity contribution in [2.45, 2.75) is 31.0 Å². The van der Waals surface area contributed by atoms with Crippen molar-refractivity contribution < 1.29 is 9.53 Å². The topological polar surface area (TPSA) is 29.5 Å². The number of likely N-dealkylation sites (tertiary alicyclic amines) is 1. The first-order valence-corrected chi connectivity index (χ1v) is 5.15. The van der Waals surface area contributed by atoms with Crippen LogP contribution in [0.5, 0.6) is 0 Å². The van der Waals surface area contributed by atoms with Gasteiger partial charge in [0.2, 0.25) is 0 Å². The van der Waals surface area contributed by atoms with Gasteiger partial charge in [0, 0.05) is 19.5 Å². The highest BCUT2D eigenvalue weighted by Gasteiger charge is 2.48. The Morgan fingerprint density at radius 3 is 3.14 bits per heavy atom. The first-order valence-electron chi connectivity index (χ1n) is 5.15. The van der Waals surface area contributed by atoms with Crippen LogP contribution >= 0.6 is 0 Å². The van der Waals surface area contributed by atoms with Gasteiger partial charge in [0.05, 0.1) is 5.60 Å². The van der Waals surface area contributed by atoms with E-state index >= 15 is 0 Å². The summed E-state index contributed by atoms with van der Waals surface area (Å²) in [6, 6.07) is 0. The maximum atomic E-state index is 11.6. The van der Waals surface area contributed by atoms with Gasteiger partial charge in [-0.2, -0.15) is 0 Å². The molecule has 14 heavy (non-hydrogen) atoms. The van der Waals surface area contributed by atoms with Gasteiger partial charge >= 0.3 is 0 Å². The van der Waals surface area contributed by atoms with Crippen LogP contribution in [0.4, 0.5) is 0 Å². The lowest BCUT2D eigenvalue weighted by atomic mass is 9.98. The molecule has 2 heterocycles. The molecule has 0 aromatic rings. The third-order valence-corrected chi connectivity index (χ3v) is 3.14. The lowest BCUT2D eigenvalue weighted by molar-refractivity contribution is -0.123. The quantitative estimate of drug-likeness (QED) is 0.615. The molecule has 0 amide bonds. The van der Waals surface area contributed by atoms with E-state index in [1.165, 1.54) is 0 Å². The van der Waals surface area contributed by atoms with Crippen molar-refractivity contribution in [3.05, 3.63) is 12.7 Å². The largest absolute Gasteiger partial charge is 0.362 e. The summed E-state index contributed by atoms with van der Waals surface area (Å²) in [4.78, 5) is 13.9. The van der Waals surface area contributed by atoms with Crippen molar-refractivity contribution in [1.29, 1.82) is 0 Å². The Morgan fingerprint density at radius 1 is 1.79 bits per heavy atom. The molecule has 0 aromatic heterocycles. The van der Waals surface area contributed by atoms with Crippen LogP contribution in [-0.2, 0) is 9.53 Å². The van der Waals surface area contributed by atoms with Gasteiger partial charge in [0.15, 0.2) is 5.78 Å². The summed E-state index contributed by atoms with van der Waals surface area (Å²) in [6.07, 6.45) is 3.78. The van der Waals surface area contributed by atoms with Crippen molar-refractivity contribution in [3.63, 3.8) is 0 Å². The summed E-state index contributed by atoms with van der Waals surface area (Å²) in [6.45, 7) is 5.58. The normalized spacial score (nSPS) is 38.4. The molecule has 0 aromatic carbocycles. The monoisotopic (exact) mass is 195 g/mol. The third kappa shape index (κ3) is 1.62. The molecule has 2 aliphatic rings. The molecular weight excluding hydrogens is 178 g/mol. The van der Waals surface area contributed by atoms with E-state index < -0.39 is 0 Å². The molecule has 2 atom stereocenters. The number of ether oxygens (including phenoxy) is 1.